The molecule has 21 heavy (non-hydrogen) atoms. The molecule has 0 radical (unpaired) electrons. The molecule has 8 nitrogen and oxygen atoms in total. The summed E-state index contributed by atoms with van der Waals surface area (Å²) in [6.07, 6.45) is 3.31. The van der Waals surface area contributed by atoms with E-state index in [1.807, 2.05) is 0 Å². The summed E-state index contributed by atoms with van der Waals surface area (Å²) in [4.78, 5) is -0.00837. The summed E-state index contributed by atoms with van der Waals surface area (Å²) in [6, 6.07) is 0. The maximum Gasteiger partial charge on any atom is 0.244 e. The SMILES string of the molecule is CC1(NS(=O)(=O)c2cnn(CCCO)c2)CCS(=O)(=O)C1. The highest BCUT2D eigenvalue weighted by Gasteiger charge is 2.41. The van der Waals surface area contributed by atoms with E-state index < -0.39 is 25.4 Å². The van der Waals surface area contributed by atoms with Gasteiger partial charge in [-0.05, 0) is 19.8 Å². The average molecular weight is 337 g/mol. The number of rotatable bonds is 6. The van der Waals surface area contributed by atoms with Crippen molar-refractivity contribution in [3.63, 3.8) is 0 Å². The summed E-state index contributed by atoms with van der Waals surface area (Å²) in [6.45, 7) is 2.00. The monoisotopic (exact) mass is 337 g/mol. The van der Waals surface area contributed by atoms with Crippen LogP contribution in [0.3, 0.4) is 0 Å². The Morgan fingerprint density at radius 3 is 2.81 bits per heavy atom. The molecule has 2 N–H and O–H groups in total. The molecule has 1 atom stereocenters. The zero-order valence-electron chi connectivity index (χ0n) is 11.7. The van der Waals surface area contributed by atoms with Crippen molar-refractivity contribution in [2.75, 3.05) is 18.1 Å². The van der Waals surface area contributed by atoms with Gasteiger partial charge in [0.05, 0.1) is 17.7 Å². The molecule has 1 unspecified atom stereocenters. The van der Waals surface area contributed by atoms with Crippen molar-refractivity contribution in [3.8, 4) is 0 Å². The zero-order chi connectivity index (χ0) is 15.7. The van der Waals surface area contributed by atoms with Gasteiger partial charge in [-0.3, -0.25) is 4.68 Å². The number of nitrogens with zero attached hydrogens (tertiary/aromatic N) is 2. The lowest BCUT2D eigenvalue weighted by Gasteiger charge is -2.22. The quantitative estimate of drug-likeness (QED) is 0.696. The van der Waals surface area contributed by atoms with Crippen molar-refractivity contribution in [1.82, 2.24) is 14.5 Å². The minimum Gasteiger partial charge on any atom is -0.396 e. The molecule has 0 bridgehead atoms. The Labute approximate surface area is 124 Å². The van der Waals surface area contributed by atoms with E-state index in [9.17, 15) is 16.8 Å². The molecule has 1 aliphatic heterocycles. The van der Waals surface area contributed by atoms with Gasteiger partial charge in [0.25, 0.3) is 0 Å². The van der Waals surface area contributed by atoms with Crippen molar-refractivity contribution in [1.29, 1.82) is 0 Å². The molecule has 0 amide bonds. The number of nitrogens with one attached hydrogen (secondary N) is 1. The molecule has 10 heteroatoms. The van der Waals surface area contributed by atoms with E-state index in [1.165, 1.54) is 17.1 Å². The zero-order valence-corrected chi connectivity index (χ0v) is 13.3. The van der Waals surface area contributed by atoms with Crippen LogP contribution in [0, 0.1) is 0 Å². The lowest BCUT2D eigenvalue weighted by molar-refractivity contribution is 0.277. The van der Waals surface area contributed by atoms with E-state index in [1.54, 1.807) is 6.92 Å². The third-order valence-electron chi connectivity index (χ3n) is 3.35. The van der Waals surface area contributed by atoms with Crippen LogP contribution in [-0.2, 0) is 26.4 Å². The predicted molar refractivity (Wildman–Crippen MR) is 75.9 cm³/mol. The number of sulfone groups is 1. The van der Waals surface area contributed by atoms with Crippen LogP contribution in [-0.4, -0.2) is 55.4 Å². The topological polar surface area (TPSA) is 118 Å². The fourth-order valence-electron chi connectivity index (χ4n) is 2.31. The van der Waals surface area contributed by atoms with Gasteiger partial charge in [0.15, 0.2) is 9.84 Å². The average Bonchev–Trinajstić information content (AvgIpc) is 2.91. The van der Waals surface area contributed by atoms with Crippen LogP contribution >= 0.6 is 0 Å². The van der Waals surface area contributed by atoms with Gasteiger partial charge in [-0.2, -0.15) is 5.10 Å². The van der Waals surface area contributed by atoms with E-state index >= 15 is 0 Å². The minimum absolute atomic E-state index is 0.00385. The molecular formula is C11H19N3O5S2. The summed E-state index contributed by atoms with van der Waals surface area (Å²) in [5, 5.41) is 12.7. The van der Waals surface area contributed by atoms with E-state index in [0.717, 1.165) is 0 Å². The van der Waals surface area contributed by atoms with Gasteiger partial charge in [0.2, 0.25) is 10.0 Å². The third-order valence-corrected chi connectivity index (χ3v) is 6.85. The summed E-state index contributed by atoms with van der Waals surface area (Å²) in [5.41, 5.74) is -0.981. The lowest BCUT2D eigenvalue weighted by atomic mass is 10.0. The van der Waals surface area contributed by atoms with Crippen molar-refractivity contribution in [2.24, 2.45) is 0 Å². The molecule has 2 heterocycles. The number of aliphatic hydroxyl groups excluding tert-OH is 1. The predicted octanol–water partition coefficient (Wildman–Crippen LogP) is -0.879. The number of hydrogen-bond acceptors (Lipinski definition) is 6. The Morgan fingerprint density at radius 1 is 1.52 bits per heavy atom. The van der Waals surface area contributed by atoms with E-state index in [2.05, 4.69) is 9.82 Å². The number of sulfonamides is 1. The lowest BCUT2D eigenvalue weighted by Crippen LogP contribution is -2.46. The summed E-state index contributed by atoms with van der Waals surface area (Å²) in [7, 11) is -7.01. The van der Waals surface area contributed by atoms with Gasteiger partial charge in [0, 0.05) is 24.9 Å². The van der Waals surface area contributed by atoms with Crippen LogP contribution < -0.4 is 4.72 Å². The first-order chi connectivity index (χ1) is 9.66. The molecule has 2 rings (SSSR count). The first-order valence-corrected chi connectivity index (χ1v) is 9.84. The molecule has 1 aliphatic rings. The van der Waals surface area contributed by atoms with Crippen molar-refractivity contribution >= 4 is 19.9 Å². The molecule has 1 fully saturated rings. The molecule has 0 aromatic carbocycles. The number of hydrogen-bond donors (Lipinski definition) is 2. The maximum absolute atomic E-state index is 12.3. The highest BCUT2D eigenvalue weighted by molar-refractivity contribution is 7.92. The fraction of sp³-hybridized carbons (Fsp3) is 0.727. The molecule has 1 aromatic heterocycles. The summed E-state index contributed by atoms with van der Waals surface area (Å²) >= 11 is 0. The Bertz CT molecular complexity index is 710. The second-order valence-electron chi connectivity index (χ2n) is 5.52. The Balaban J connectivity index is 2.13. The number of aryl methyl sites for hydroxylation is 1. The standard InChI is InChI=1S/C11H19N3O5S2/c1-11(3-6-20(16,17)9-11)13-21(18,19)10-7-12-14(8-10)4-2-5-15/h7-8,13,15H,2-6,9H2,1H3. The van der Waals surface area contributed by atoms with Crippen LogP contribution in [0.2, 0.25) is 0 Å². The maximum atomic E-state index is 12.3. The van der Waals surface area contributed by atoms with Gasteiger partial charge in [0.1, 0.15) is 4.90 Å². The van der Waals surface area contributed by atoms with Crippen LogP contribution in [0.1, 0.15) is 19.8 Å². The molecule has 120 valence electrons. The first-order valence-electron chi connectivity index (χ1n) is 6.54. The summed E-state index contributed by atoms with van der Waals surface area (Å²) < 4.78 is 51.5. The molecule has 1 saturated heterocycles. The van der Waals surface area contributed by atoms with Gasteiger partial charge in [-0.25, -0.2) is 21.6 Å². The highest BCUT2D eigenvalue weighted by atomic mass is 32.2. The van der Waals surface area contributed by atoms with Crippen LogP contribution in [0.25, 0.3) is 0 Å². The minimum atomic E-state index is -3.82. The van der Waals surface area contributed by atoms with Gasteiger partial charge in [-0.1, -0.05) is 0 Å². The molecule has 0 saturated carbocycles. The molecular weight excluding hydrogens is 318 g/mol. The van der Waals surface area contributed by atoms with E-state index in [-0.39, 0.29) is 29.4 Å². The van der Waals surface area contributed by atoms with Crippen LogP contribution in [0.4, 0.5) is 0 Å². The first kappa shape index (κ1) is 16.4. The van der Waals surface area contributed by atoms with E-state index in [0.29, 0.717) is 13.0 Å². The van der Waals surface area contributed by atoms with Gasteiger partial charge >= 0.3 is 0 Å². The number of aromatic nitrogens is 2. The van der Waals surface area contributed by atoms with Crippen LogP contribution in [0.15, 0.2) is 17.3 Å². The second kappa shape index (κ2) is 5.67. The third kappa shape index (κ3) is 4.02. The second-order valence-corrected chi connectivity index (χ2v) is 9.39. The van der Waals surface area contributed by atoms with Crippen molar-refractivity contribution < 1.29 is 21.9 Å². The normalized spacial score (nSPS) is 25.2. The fourth-order valence-corrected chi connectivity index (χ4v) is 5.88. The Hall–Kier alpha value is -0.970. The van der Waals surface area contributed by atoms with Crippen LogP contribution in [0.5, 0.6) is 0 Å². The Morgan fingerprint density at radius 2 is 2.24 bits per heavy atom. The highest BCUT2D eigenvalue weighted by Crippen LogP contribution is 2.25. The number of aliphatic hydroxyl groups is 1. The van der Waals surface area contributed by atoms with E-state index in [4.69, 9.17) is 5.11 Å². The molecule has 0 aliphatic carbocycles. The van der Waals surface area contributed by atoms with Crippen molar-refractivity contribution in [2.45, 2.75) is 36.7 Å². The molecule has 0 spiro atoms. The van der Waals surface area contributed by atoms with Gasteiger partial charge in [-0.15, -0.1) is 0 Å². The van der Waals surface area contributed by atoms with Gasteiger partial charge < -0.3 is 5.11 Å². The summed E-state index contributed by atoms with van der Waals surface area (Å²) in [5.74, 6) is -0.209. The largest absolute Gasteiger partial charge is 0.396 e. The molecule has 1 aromatic rings. The Kier molecular flexibility index (Phi) is 4.43. The van der Waals surface area contributed by atoms with Crippen molar-refractivity contribution in [3.05, 3.63) is 12.4 Å². The smallest absolute Gasteiger partial charge is 0.244 e.